The van der Waals surface area contributed by atoms with Crippen molar-refractivity contribution in [3.8, 4) is 0 Å². The molecule has 0 saturated carbocycles. The van der Waals surface area contributed by atoms with E-state index in [-0.39, 0.29) is 36.0 Å². The van der Waals surface area contributed by atoms with Crippen LogP contribution in [0.1, 0.15) is 17.3 Å². The van der Waals surface area contributed by atoms with Crippen molar-refractivity contribution >= 4 is 41.7 Å². The lowest BCUT2D eigenvalue weighted by Crippen LogP contribution is -2.30. The molecular weight excluding hydrogens is 389 g/mol. The van der Waals surface area contributed by atoms with E-state index >= 15 is 0 Å². The van der Waals surface area contributed by atoms with Gasteiger partial charge in [-0.05, 0) is 36.4 Å². The summed E-state index contributed by atoms with van der Waals surface area (Å²) < 4.78 is 12.9. The average molecular weight is 412 g/mol. The van der Waals surface area contributed by atoms with E-state index < -0.39 is 0 Å². The van der Waals surface area contributed by atoms with Crippen LogP contribution in [0.4, 0.5) is 10.1 Å². The van der Waals surface area contributed by atoms with E-state index in [1.165, 1.54) is 23.9 Å². The zero-order chi connectivity index (χ0) is 18.9. The summed E-state index contributed by atoms with van der Waals surface area (Å²) in [5.74, 6) is -0.493. The van der Waals surface area contributed by atoms with Crippen molar-refractivity contribution < 1.29 is 14.0 Å². The van der Waals surface area contributed by atoms with Crippen molar-refractivity contribution in [1.29, 1.82) is 0 Å². The van der Waals surface area contributed by atoms with E-state index in [0.717, 1.165) is 4.90 Å². The predicted octanol–water partition coefficient (Wildman–Crippen LogP) is 3.30. The fourth-order valence-electron chi connectivity index (χ4n) is 2.15. The van der Waals surface area contributed by atoms with Crippen LogP contribution in [-0.2, 0) is 4.79 Å². The lowest BCUT2D eigenvalue weighted by molar-refractivity contribution is -0.118. The van der Waals surface area contributed by atoms with Gasteiger partial charge < -0.3 is 16.4 Å². The first kappa shape index (κ1) is 23.0. The molecule has 2 aromatic rings. The number of nitrogens with two attached hydrogens (primary N) is 1. The second-order valence-corrected chi connectivity index (χ2v) is 6.84. The topological polar surface area (TPSA) is 84.2 Å². The third-order valence-electron chi connectivity index (χ3n) is 3.62. The maximum absolute atomic E-state index is 12.9. The van der Waals surface area contributed by atoms with Gasteiger partial charge in [0.2, 0.25) is 5.91 Å². The molecule has 0 aromatic heterocycles. The second kappa shape index (κ2) is 11.6. The van der Waals surface area contributed by atoms with E-state index in [1.54, 1.807) is 36.4 Å². The Morgan fingerprint density at radius 3 is 2.48 bits per heavy atom. The molecule has 0 heterocycles. The molecule has 0 aliphatic heterocycles. The van der Waals surface area contributed by atoms with E-state index in [0.29, 0.717) is 30.1 Å². The summed E-state index contributed by atoms with van der Waals surface area (Å²) in [6, 6.07) is 13.0. The fraction of sp³-hybridized carbons (Fsp3) is 0.263. The van der Waals surface area contributed by atoms with Crippen molar-refractivity contribution in [1.82, 2.24) is 5.32 Å². The zero-order valence-electron chi connectivity index (χ0n) is 14.9. The van der Waals surface area contributed by atoms with Crippen molar-refractivity contribution in [2.24, 2.45) is 11.7 Å². The Labute approximate surface area is 168 Å². The Morgan fingerprint density at radius 1 is 1.15 bits per heavy atom. The van der Waals surface area contributed by atoms with Gasteiger partial charge in [0.15, 0.2) is 0 Å². The van der Waals surface area contributed by atoms with Crippen LogP contribution < -0.4 is 16.4 Å². The van der Waals surface area contributed by atoms with Gasteiger partial charge >= 0.3 is 0 Å². The molecule has 0 aliphatic rings. The molecule has 5 nitrogen and oxygen atoms in total. The van der Waals surface area contributed by atoms with Gasteiger partial charge in [-0.1, -0.05) is 19.1 Å². The van der Waals surface area contributed by atoms with Gasteiger partial charge in [-0.15, -0.1) is 24.2 Å². The number of anilines is 1. The summed E-state index contributed by atoms with van der Waals surface area (Å²) in [5, 5.41) is 5.50. The highest BCUT2D eigenvalue weighted by molar-refractivity contribution is 7.99. The highest BCUT2D eigenvalue weighted by Crippen LogP contribution is 2.22. The average Bonchev–Trinajstić information content (AvgIpc) is 2.65. The van der Waals surface area contributed by atoms with Crippen molar-refractivity contribution in [3.05, 3.63) is 59.9 Å². The number of amides is 2. The van der Waals surface area contributed by atoms with E-state index in [2.05, 4.69) is 10.6 Å². The standard InChI is InChI=1S/C19H22FN3O2S.ClH/c1-13(12-26-15-8-6-14(20)7-9-15)18(24)23-17-5-3-2-4-16(17)19(25)22-11-10-21;/h2-9,13H,10-12,21H2,1H3,(H,22,25)(H,23,24);1H. The molecule has 2 rings (SSSR count). The van der Waals surface area contributed by atoms with Gasteiger partial charge in [0, 0.05) is 29.7 Å². The maximum Gasteiger partial charge on any atom is 0.253 e. The van der Waals surface area contributed by atoms with E-state index in [1.807, 2.05) is 6.92 Å². The summed E-state index contributed by atoms with van der Waals surface area (Å²) in [7, 11) is 0. The lowest BCUT2D eigenvalue weighted by atomic mass is 10.1. The van der Waals surface area contributed by atoms with Crippen molar-refractivity contribution in [2.45, 2.75) is 11.8 Å². The van der Waals surface area contributed by atoms with E-state index in [4.69, 9.17) is 5.73 Å². The molecule has 0 saturated heterocycles. The number of hydrogen-bond donors (Lipinski definition) is 3. The monoisotopic (exact) mass is 411 g/mol. The lowest BCUT2D eigenvalue weighted by Gasteiger charge is -2.14. The number of hydrogen-bond acceptors (Lipinski definition) is 4. The van der Waals surface area contributed by atoms with Gasteiger partial charge in [-0.3, -0.25) is 9.59 Å². The first-order valence-electron chi connectivity index (χ1n) is 8.27. The minimum Gasteiger partial charge on any atom is -0.351 e. The predicted molar refractivity (Wildman–Crippen MR) is 110 cm³/mol. The van der Waals surface area contributed by atoms with Crippen LogP contribution in [0.2, 0.25) is 0 Å². The number of halogens is 2. The molecule has 27 heavy (non-hydrogen) atoms. The molecule has 146 valence electrons. The van der Waals surface area contributed by atoms with Crippen molar-refractivity contribution in [2.75, 3.05) is 24.2 Å². The summed E-state index contributed by atoms with van der Waals surface area (Å²) in [6.45, 7) is 2.52. The highest BCUT2D eigenvalue weighted by Gasteiger charge is 2.17. The molecule has 0 radical (unpaired) electrons. The first-order chi connectivity index (χ1) is 12.5. The Bertz CT molecular complexity index is 759. The van der Waals surface area contributed by atoms with E-state index in [9.17, 15) is 14.0 Å². The van der Waals surface area contributed by atoms with Crippen LogP contribution in [0.15, 0.2) is 53.4 Å². The van der Waals surface area contributed by atoms with Crippen LogP contribution in [0.5, 0.6) is 0 Å². The summed E-state index contributed by atoms with van der Waals surface area (Å²) in [6.07, 6.45) is 0. The molecule has 0 spiro atoms. The van der Waals surface area contributed by atoms with Crippen LogP contribution in [-0.4, -0.2) is 30.7 Å². The Kier molecular flexibility index (Phi) is 9.85. The minimum absolute atomic E-state index is 0. The quantitative estimate of drug-likeness (QED) is 0.582. The smallest absolute Gasteiger partial charge is 0.253 e. The number of nitrogens with one attached hydrogen (secondary N) is 2. The zero-order valence-corrected chi connectivity index (χ0v) is 16.5. The van der Waals surface area contributed by atoms with Gasteiger partial charge in [0.05, 0.1) is 11.3 Å². The minimum atomic E-state index is -0.287. The highest BCUT2D eigenvalue weighted by atomic mass is 35.5. The first-order valence-corrected chi connectivity index (χ1v) is 9.26. The Hall–Kier alpha value is -2.09. The number of carbonyl (C=O) groups excluding carboxylic acids is 2. The molecule has 0 bridgehead atoms. The molecule has 1 atom stereocenters. The largest absolute Gasteiger partial charge is 0.351 e. The van der Waals surface area contributed by atoms with Crippen LogP contribution in [0.25, 0.3) is 0 Å². The maximum atomic E-state index is 12.9. The number of benzene rings is 2. The summed E-state index contributed by atoms with van der Waals surface area (Å²) >= 11 is 1.48. The molecule has 0 aliphatic carbocycles. The third kappa shape index (κ3) is 7.21. The van der Waals surface area contributed by atoms with Gasteiger partial charge in [0.25, 0.3) is 5.91 Å². The molecule has 1 unspecified atom stereocenters. The van der Waals surface area contributed by atoms with Gasteiger partial charge in [0.1, 0.15) is 5.82 Å². The SMILES string of the molecule is CC(CSc1ccc(F)cc1)C(=O)Nc1ccccc1C(=O)NCCN.Cl. The van der Waals surface area contributed by atoms with Crippen LogP contribution >= 0.6 is 24.2 Å². The van der Waals surface area contributed by atoms with Crippen LogP contribution in [0.3, 0.4) is 0 Å². The fourth-order valence-corrected chi connectivity index (χ4v) is 3.08. The molecule has 2 aromatic carbocycles. The number of carbonyl (C=O) groups is 2. The number of rotatable bonds is 8. The molecule has 8 heteroatoms. The van der Waals surface area contributed by atoms with Gasteiger partial charge in [-0.2, -0.15) is 0 Å². The Morgan fingerprint density at radius 2 is 1.81 bits per heavy atom. The molecule has 2 amide bonds. The second-order valence-electron chi connectivity index (χ2n) is 5.75. The number of para-hydroxylation sites is 1. The van der Waals surface area contributed by atoms with Gasteiger partial charge in [-0.25, -0.2) is 4.39 Å². The molecule has 4 N–H and O–H groups in total. The summed E-state index contributed by atoms with van der Waals surface area (Å²) in [5.41, 5.74) is 6.25. The summed E-state index contributed by atoms with van der Waals surface area (Å²) in [4.78, 5) is 25.5. The third-order valence-corrected chi connectivity index (χ3v) is 4.89. The molecular formula is C19H23ClFN3O2S. The normalized spacial score (nSPS) is 11.2. The van der Waals surface area contributed by atoms with Crippen LogP contribution in [0, 0.1) is 11.7 Å². The van der Waals surface area contributed by atoms with Crippen molar-refractivity contribution in [3.63, 3.8) is 0 Å². The number of thioether (sulfide) groups is 1. The Balaban J connectivity index is 0.00000364. The molecule has 0 fully saturated rings.